The van der Waals surface area contributed by atoms with E-state index in [0.29, 0.717) is 39.5 Å². The molecule has 3 heterocycles. The Balaban J connectivity index is 1.68. The fourth-order valence-electron chi connectivity index (χ4n) is 4.27. The number of fused-ring (bicyclic) bond motifs is 2. The molecule has 4 aromatic rings. The molecule has 0 fully saturated rings. The summed E-state index contributed by atoms with van der Waals surface area (Å²) >= 11 is 1.05. The molecule has 0 radical (unpaired) electrons. The Hall–Kier alpha value is -3.98. The van der Waals surface area contributed by atoms with Gasteiger partial charge in [0, 0.05) is 0 Å². The number of hydrogen-bond donors (Lipinski definition) is 0. The molecule has 0 saturated heterocycles. The molecule has 2 aromatic heterocycles. The highest BCUT2D eigenvalue weighted by atomic mass is 32.1. The van der Waals surface area contributed by atoms with E-state index in [9.17, 15) is 14.4 Å². The summed E-state index contributed by atoms with van der Waals surface area (Å²) in [5.41, 5.74) is 1.44. The number of para-hydroxylation sites is 1. The molecule has 0 aliphatic carbocycles. The van der Waals surface area contributed by atoms with E-state index >= 15 is 0 Å². The van der Waals surface area contributed by atoms with Crippen molar-refractivity contribution in [3.63, 3.8) is 0 Å². The fourth-order valence-corrected chi connectivity index (χ4v) is 5.26. The molecule has 0 spiro atoms. The summed E-state index contributed by atoms with van der Waals surface area (Å²) in [6, 6.07) is 13.3. The molecular weight excluding hydrogens is 480 g/mol. The molecule has 0 unspecified atom stereocenters. The van der Waals surface area contributed by atoms with Gasteiger partial charge in [0.25, 0.3) is 5.91 Å². The van der Waals surface area contributed by atoms with Gasteiger partial charge in [-0.1, -0.05) is 42.5 Å². The number of benzene rings is 2. The van der Waals surface area contributed by atoms with Gasteiger partial charge >= 0.3 is 5.97 Å². The Morgan fingerprint density at radius 3 is 2.58 bits per heavy atom. The molecule has 9 heteroatoms. The molecular formula is C27H24N2O6S. The summed E-state index contributed by atoms with van der Waals surface area (Å²) < 4.78 is 16.8. The summed E-state index contributed by atoms with van der Waals surface area (Å²) in [5, 5.41) is 0.674. The largest absolute Gasteiger partial charge is 0.494 e. The molecule has 1 aliphatic heterocycles. The minimum atomic E-state index is -0.783. The Kier molecular flexibility index (Phi) is 6.32. The Bertz CT molecular complexity index is 1520. The summed E-state index contributed by atoms with van der Waals surface area (Å²) in [6.07, 6.45) is 0.875. The van der Waals surface area contributed by atoms with E-state index in [1.54, 1.807) is 38.1 Å². The van der Waals surface area contributed by atoms with E-state index in [1.807, 2.05) is 31.2 Å². The van der Waals surface area contributed by atoms with E-state index in [4.69, 9.17) is 13.9 Å². The number of ether oxygens (including phenoxy) is 2. The predicted octanol–water partition coefficient (Wildman–Crippen LogP) is 5.27. The van der Waals surface area contributed by atoms with Gasteiger partial charge in [-0.05, 0) is 50.1 Å². The normalized spacial score (nSPS) is 14.8. The van der Waals surface area contributed by atoms with Crippen LogP contribution in [-0.2, 0) is 4.74 Å². The van der Waals surface area contributed by atoms with Crippen LogP contribution in [0.1, 0.15) is 63.4 Å². The highest BCUT2D eigenvalue weighted by Crippen LogP contribution is 2.43. The molecule has 8 nitrogen and oxygen atoms in total. The van der Waals surface area contributed by atoms with E-state index in [2.05, 4.69) is 4.98 Å². The monoisotopic (exact) mass is 504 g/mol. The van der Waals surface area contributed by atoms with Crippen LogP contribution in [0.5, 0.6) is 5.75 Å². The zero-order valence-electron chi connectivity index (χ0n) is 20.1. The number of rotatable bonds is 7. The van der Waals surface area contributed by atoms with Crippen LogP contribution in [0, 0.1) is 6.92 Å². The standard InChI is InChI=1S/C27H24N2O6S/c1-4-14-34-17-12-10-16(11-13-17)21-20-22(30)18-8-6-7-9-19(18)35-23(20)25(31)29(21)27-28-15(3)24(36-27)26(32)33-5-2/h6-13,21H,4-5,14H2,1-3H3/t21-/m0/s1. The number of carbonyl (C=O) groups excluding carboxylic acids is 2. The van der Waals surface area contributed by atoms with E-state index in [1.165, 1.54) is 4.90 Å². The fraction of sp³-hybridized carbons (Fsp3) is 0.259. The van der Waals surface area contributed by atoms with Crippen LogP contribution in [0.2, 0.25) is 0 Å². The van der Waals surface area contributed by atoms with Crippen molar-refractivity contribution >= 4 is 39.3 Å². The van der Waals surface area contributed by atoms with Crippen LogP contribution >= 0.6 is 11.3 Å². The van der Waals surface area contributed by atoms with Crippen LogP contribution in [0.15, 0.2) is 57.7 Å². The predicted molar refractivity (Wildman–Crippen MR) is 136 cm³/mol. The molecule has 2 aromatic carbocycles. The van der Waals surface area contributed by atoms with Crippen molar-refractivity contribution in [1.82, 2.24) is 4.98 Å². The molecule has 1 aliphatic rings. The maximum Gasteiger partial charge on any atom is 0.350 e. The number of aryl methyl sites for hydroxylation is 1. The molecule has 1 amide bonds. The van der Waals surface area contributed by atoms with Gasteiger partial charge in [-0.25, -0.2) is 9.78 Å². The first kappa shape index (κ1) is 23.7. The van der Waals surface area contributed by atoms with Crippen LogP contribution in [-0.4, -0.2) is 30.1 Å². The Morgan fingerprint density at radius 1 is 1.11 bits per heavy atom. The maximum absolute atomic E-state index is 13.7. The Morgan fingerprint density at radius 2 is 1.86 bits per heavy atom. The minimum absolute atomic E-state index is 0.0273. The summed E-state index contributed by atoms with van der Waals surface area (Å²) in [5.74, 6) is -0.331. The van der Waals surface area contributed by atoms with E-state index < -0.39 is 17.9 Å². The lowest BCUT2D eigenvalue weighted by atomic mass is 9.98. The summed E-state index contributed by atoms with van der Waals surface area (Å²) in [6.45, 7) is 6.24. The minimum Gasteiger partial charge on any atom is -0.494 e. The molecule has 184 valence electrons. The summed E-state index contributed by atoms with van der Waals surface area (Å²) in [4.78, 5) is 46.1. The number of aromatic nitrogens is 1. The average molecular weight is 505 g/mol. The first-order chi connectivity index (χ1) is 17.4. The molecule has 0 N–H and O–H groups in total. The molecule has 36 heavy (non-hydrogen) atoms. The molecule has 0 bridgehead atoms. The lowest BCUT2D eigenvalue weighted by Gasteiger charge is -2.22. The maximum atomic E-state index is 13.7. The van der Waals surface area contributed by atoms with Crippen molar-refractivity contribution in [3.05, 3.63) is 86.2 Å². The number of anilines is 1. The number of nitrogens with zero attached hydrogens (tertiary/aromatic N) is 2. The van der Waals surface area contributed by atoms with Gasteiger partial charge in [0.1, 0.15) is 16.2 Å². The second kappa shape index (κ2) is 9.58. The van der Waals surface area contributed by atoms with Crippen LogP contribution in [0.25, 0.3) is 11.0 Å². The van der Waals surface area contributed by atoms with Crippen LogP contribution < -0.4 is 15.1 Å². The van der Waals surface area contributed by atoms with Gasteiger partial charge < -0.3 is 13.9 Å². The van der Waals surface area contributed by atoms with Crippen molar-refractivity contribution in [2.45, 2.75) is 33.2 Å². The molecule has 0 saturated carbocycles. The smallest absolute Gasteiger partial charge is 0.350 e. The molecule has 5 rings (SSSR count). The highest BCUT2D eigenvalue weighted by Gasteiger charge is 2.45. The third-order valence-electron chi connectivity index (χ3n) is 5.90. The van der Waals surface area contributed by atoms with E-state index in [-0.39, 0.29) is 28.5 Å². The van der Waals surface area contributed by atoms with Crippen LogP contribution in [0.3, 0.4) is 0 Å². The topological polar surface area (TPSA) is 98.9 Å². The third-order valence-corrected chi connectivity index (χ3v) is 7.04. The zero-order valence-corrected chi connectivity index (χ0v) is 20.9. The van der Waals surface area contributed by atoms with E-state index in [0.717, 1.165) is 17.8 Å². The Labute approximate surface area is 211 Å². The first-order valence-corrected chi connectivity index (χ1v) is 12.5. The quantitative estimate of drug-likeness (QED) is 0.316. The average Bonchev–Trinajstić information content (AvgIpc) is 3.41. The number of carbonyl (C=O) groups is 2. The van der Waals surface area contributed by atoms with Gasteiger partial charge in [0.15, 0.2) is 10.6 Å². The zero-order chi connectivity index (χ0) is 25.4. The summed E-state index contributed by atoms with van der Waals surface area (Å²) in [7, 11) is 0. The highest BCUT2D eigenvalue weighted by molar-refractivity contribution is 7.17. The number of thiazole rings is 1. The van der Waals surface area contributed by atoms with Gasteiger partial charge in [-0.15, -0.1) is 0 Å². The lowest BCUT2D eigenvalue weighted by Crippen LogP contribution is -2.29. The van der Waals surface area contributed by atoms with Gasteiger partial charge in [-0.2, -0.15) is 0 Å². The number of hydrogen-bond acceptors (Lipinski definition) is 8. The first-order valence-electron chi connectivity index (χ1n) is 11.7. The van der Waals surface area contributed by atoms with Crippen LogP contribution in [0.4, 0.5) is 5.13 Å². The van der Waals surface area contributed by atoms with Crippen molar-refractivity contribution in [2.24, 2.45) is 0 Å². The molecule has 1 atom stereocenters. The SMILES string of the molecule is CCCOc1ccc([C@H]2c3c(oc4ccccc4c3=O)C(=O)N2c2nc(C)c(C(=O)OCC)s2)cc1. The van der Waals surface area contributed by atoms with Crippen molar-refractivity contribution in [3.8, 4) is 5.75 Å². The third kappa shape index (κ3) is 3.95. The number of esters is 1. The lowest BCUT2D eigenvalue weighted by molar-refractivity contribution is 0.0531. The van der Waals surface area contributed by atoms with Crippen molar-refractivity contribution in [1.29, 1.82) is 0 Å². The second-order valence-corrected chi connectivity index (χ2v) is 9.27. The second-order valence-electron chi connectivity index (χ2n) is 8.30. The van der Waals surface area contributed by atoms with Gasteiger partial charge in [-0.3, -0.25) is 14.5 Å². The van der Waals surface area contributed by atoms with Gasteiger partial charge in [0.05, 0.1) is 35.9 Å². The van der Waals surface area contributed by atoms with Gasteiger partial charge in [0.2, 0.25) is 5.76 Å². The number of amides is 1. The van der Waals surface area contributed by atoms with Crippen molar-refractivity contribution in [2.75, 3.05) is 18.1 Å². The van der Waals surface area contributed by atoms with Crippen molar-refractivity contribution < 1.29 is 23.5 Å².